The maximum absolute atomic E-state index is 13.0. The van der Waals surface area contributed by atoms with Gasteiger partial charge in [0.2, 0.25) is 5.91 Å². The highest BCUT2D eigenvalue weighted by Gasteiger charge is 2.28. The predicted molar refractivity (Wildman–Crippen MR) is 124 cm³/mol. The summed E-state index contributed by atoms with van der Waals surface area (Å²) in [6.07, 6.45) is 5.31. The van der Waals surface area contributed by atoms with Crippen molar-refractivity contribution in [1.82, 2.24) is 14.8 Å². The van der Waals surface area contributed by atoms with Crippen LogP contribution in [0.2, 0.25) is 0 Å². The Morgan fingerprint density at radius 3 is 2.32 bits per heavy atom. The summed E-state index contributed by atoms with van der Waals surface area (Å²) in [5.74, 6) is 0.256. The summed E-state index contributed by atoms with van der Waals surface area (Å²) in [6.45, 7) is 5.30. The lowest BCUT2D eigenvalue weighted by Gasteiger charge is -2.37. The predicted octanol–water partition coefficient (Wildman–Crippen LogP) is 4.62. The molecular weight excluding hydrogens is 386 g/mol. The minimum Gasteiger partial charge on any atom is -0.342 e. The number of carbonyl (C=O) groups excluding carboxylic acids is 2. The maximum atomic E-state index is 13.0. The molecule has 1 aliphatic heterocycles. The molecule has 1 fully saturated rings. The summed E-state index contributed by atoms with van der Waals surface area (Å²) in [7, 11) is 1.87. The van der Waals surface area contributed by atoms with Crippen LogP contribution < -0.4 is 0 Å². The molecule has 0 N–H and O–H groups in total. The first-order chi connectivity index (χ1) is 14.9. The van der Waals surface area contributed by atoms with E-state index in [-0.39, 0.29) is 23.8 Å². The third kappa shape index (κ3) is 4.46. The molecule has 2 aromatic carbocycles. The Hall–Kier alpha value is -3.21. The number of hydrogen-bond acceptors (Lipinski definition) is 3. The normalized spacial score (nSPS) is 14.8. The molecule has 0 unspecified atom stereocenters. The zero-order chi connectivity index (χ0) is 22.0. The van der Waals surface area contributed by atoms with Gasteiger partial charge in [0.05, 0.1) is 0 Å². The van der Waals surface area contributed by atoms with Crippen molar-refractivity contribution in [2.45, 2.75) is 32.7 Å². The van der Waals surface area contributed by atoms with Gasteiger partial charge in [0, 0.05) is 55.4 Å². The van der Waals surface area contributed by atoms with Crippen molar-refractivity contribution in [2.75, 3.05) is 20.1 Å². The van der Waals surface area contributed by atoms with Gasteiger partial charge in [0.15, 0.2) is 0 Å². The minimum absolute atomic E-state index is 0.0219. The van der Waals surface area contributed by atoms with Crippen molar-refractivity contribution in [3.8, 4) is 11.1 Å². The van der Waals surface area contributed by atoms with Crippen molar-refractivity contribution in [3.63, 3.8) is 0 Å². The van der Waals surface area contributed by atoms with Crippen molar-refractivity contribution in [3.05, 3.63) is 66.5 Å². The highest BCUT2D eigenvalue weighted by Crippen LogP contribution is 2.25. The second-order valence-electron chi connectivity index (χ2n) is 8.64. The molecule has 0 radical (unpaired) electrons. The van der Waals surface area contributed by atoms with Gasteiger partial charge in [-0.2, -0.15) is 0 Å². The lowest BCUT2D eigenvalue weighted by Crippen LogP contribution is -2.48. The Balaban J connectivity index is 1.42. The minimum atomic E-state index is 0.0219. The Morgan fingerprint density at radius 2 is 1.65 bits per heavy atom. The van der Waals surface area contributed by atoms with Crippen LogP contribution in [-0.2, 0) is 4.79 Å². The molecule has 4 rings (SSSR count). The van der Waals surface area contributed by atoms with E-state index in [1.807, 2.05) is 67.2 Å². The van der Waals surface area contributed by atoms with E-state index in [1.165, 1.54) is 0 Å². The Labute approximate surface area is 183 Å². The standard InChI is InChI=1S/C26H29N3O2/c1-18(2)25(30)29-14-11-24(12-15-29)28(3)26(31)20-6-4-19(5-7-20)21-8-9-23-17-27-13-10-22(23)16-21/h4-10,13,16-18,24H,11-12,14-15H2,1-3H3. The lowest BCUT2D eigenvalue weighted by molar-refractivity contribution is -0.135. The number of amides is 2. The first-order valence-electron chi connectivity index (χ1n) is 10.9. The summed E-state index contributed by atoms with van der Waals surface area (Å²) >= 11 is 0. The number of benzene rings is 2. The molecule has 0 bridgehead atoms. The number of carbonyl (C=O) groups is 2. The molecule has 0 aliphatic carbocycles. The molecule has 2 amide bonds. The summed E-state index contributed by atoms with van der Waals surface area (Å²) in [4.78, 5) is 33.1. The van der Waals surface area contributed by atoms with Crippen molar-refractivity contribution < 1.29 is 9.59 Å². The molecule has 5 heteroatoms. The van der Waals surface area contributed by atoms with E-state index in [9.17, 15) is 9.59 Å². The van der Waals surface area contributed by atoms with E-state index in [2.05, 4.69) is 23.2 Å². The van der Waals surface area contributed by atoms with E-state index < -0.39 is 0 Å². The first-order valence-corrected chi connectivity index (χ1v) is 10.9. The fourth-order valence-electron chi connectivity index (χ4n) is 4.28. The Morgan fingerprint density at radius 1 is 0.968 bits per heavy atom. The zero-order valence-electron chi connectivity index (χ0n) is 18.4. The van der Waals surface area contributed by atoms with Crippen molar-refractivity contribution >= 4 is 22.6 Å². The van der Waals surface area contributed by atoms with Gasteiger partial charge in [-0.05, 0) is 53.6 Å². The number of nitrogens with zero attached hydrogens (tertiary/aromatic N) is 3. The fraction of sp³-hybridized carbons (Fsp3) is 0.346. The SMILES string of the molecule is CC(C)C(=O)N1CCC(N(C)C(=O)c2ccc(-c3ccc4cnccc4c3)cc2)CC1. The second kappa shape index (κ2) is 8.88. The number of likely N-dealkylation sites (tertiary alicyclic amines) is 1. The van der Waals surface area contributed by atoms with Crippen LogP contribution in [0.25, 0.3) is 21.9 Å². The second-order valence-corrected chi connectivity index (χ2v) is 8.64. The summed E-state index contributed by atoms with van der Waals surface area (Å²) in [6, 6.07) is 16.3. The van der Waals surface area contributed by atoms with Gasteiger partial charge >= 0.3 is 0 Å². The monoisotopic (exact) mass is 415 g/mol. The molecule has 0 saturated carbocycles. The van der Waals surface area contributed by atoms with Gasteiger partial charge in [0.1, 0.15) is 0 Å². The largest absolute Gasteiger partial charge is 0.342 e. The van der Waals surface area contributed by atoms with E-state index in [0.717, 1.165) is 47.8 Å². The van der Waals surface area contributed by atoms with Gasteiger partial charge in [-0.1, -0.05) is 38.1 Å². The molecule has 2 heterocycles. The highest BCUT2D eigenvalue weighted by atomic mass is 16.2. The molecular formula is C26H29N3O2. The average molecular weight is 416 g/mol. The topological polar surface area (TPSA) is 53.5 Å². The van der Waals surface area contributed by atoms with E-state index in [4.69, 9.17) is 0 Å². The van der Waals surface area contributed by atoms with Gasteiger partial charge in [-0.25, -0.2) is 0 Å². The van der Waals surface area contributed by atoms with Crippen LogP contribution in [0.4, 0.5) is 0 Å². The molecule has 0 spiro atoms. The van der Waals surface area contributed by atoms with Crippen LogP contribution in [0.1, 0.15) is 37.0 Å². The number of pyridine rings is 1. The van der Waals surface area contributed by atoms with Crippen LogP contribution in [0, 0.1) is 5.92 Å². The van der Waals surface area contributed by atoms with Crippen LogP contribution in [-0.4, -0.2) is 52.8 Å². The number of hydrogen-bond donors (Lipinski definition) is 0. The van der Waals surface area contributed by atoms with Crippen LogP contribution in [0.5, 0.6) is 0 Å². The Kier molecular flexibility index (Phi) is 6.03. The van der Waals surface area contributed by atoms with Gasteiger partial charge < -0.3 is 9.80 Å². The molecule has 1 aliphatic rings. The number of fused-ring (bicyclic) bond motifs is 1. The molecule has 31 heavy (non-hydrogen) atoms. The van der Waals surface area contributed by atoms with E-state index in [0.29, 0.717) is 5.56 Å². The van der Waals surface area contributed by atoms with Crippen LogP contribution in [0.15, 0.2) is 60.9 Å². The van der Waals surface area contributed by atoms with E-state index in [1.54, 1.807) is 6.20 Å². The van der Waals surface area contributed by atoms with Gasteiger partial charge in [-0.15, -0.1) is 0 Å². The lowest BCUT2D eigenvalue weighted by atomic mass is 9.99. The molecule has 1 aromatic heterocycles. The molecule has 1 saturated heterocycles. The van der Waals surface area contributed by atoms with E-state index >= 15 is 0 Å². The molecule has 160 valence electrons. The number of aromatic nitrogens is 1. The molecule has 3 aromatic rings. The molecule has 0 atom stereocenters. The third-order valence-corrected chi connectivity index (χ3v) is 6.24. The summed E-state index contributed by atoms with van der Waals surface area (Å²) in [5.41, 5.74) is 2.89. The molecule has 5 nitrogen and oxygen atoms in total. The average Bonchev–Trinajstić information content (AvgIpc) is 2.82. The number of rotatable bonds is 4. The maximum Gasteiger partial charge on any atom is 0.253 e. The summed E-state index contributed by atoms with van der Waals surface area (Å²) in [5, 5.41) is 2.26. The third-order valence-electron chi connectivity index (χ3n) is 6.24. The summed E-state index contributed by atoms with van der Waals surface area (Å²) < 4.78 is 0. The van der Waals surface area contributed by atoms with Crippen molar-refractivity contribution in [1.29, 1.82) is 0 Å². The quantitative estimate of drug-likeness (QED) is 0.625. The first kappa shape index (κ1) is 21.0. The van der Waals surface area contributed by atoms with Gasteiger partial charge in [-0.3, -0.25) is 14.6 Å². The smallest absolute Gasteiger partial charge is 0.253 e. The number of piperidine rings is 1. The highest BCUT2D eigenvalue weighted by molar-refractivity contribution is 5.95. The Bertz CT molecular complexity index is 1080. The van der Waals surface area contributed by atoms with Crippen LogP contribution >= 0.6 is 0 Å². The van der Waals surface area contributed by atoms with Crippen LogP contribution in [0.3, 0.4) is 0 Å². The van der Waals surface area contributed by atoms with Gasteiger partial charge in [0.25, 0.3) is 5.91 Å². The van der Waals surface area contributed by atoms with Crippen molar-refractivity contribution in [2.24, 2.45) is 5.92 Å². The zero-order valence-corrected chi connectivity index (χ0v) is 18.4. The fourth-order valence-corrected chi connectivity index (χ4v) is 4.28.